The molecule has 0 aliphatic rings. The van der Waals surface area contributed by atoms with Gasteiger partial charge in [0.05, 0.1) is 27.2 Å². The molecule has 0 aliphatic carbocycles. The highest BCUT2D eigenvalue weighted by Crippen LogP contribution is 2.29. The molecule has 0 atom stereocenters. The van der Waals surface area contributed by atoms with E-state index in [0.29, 0.717) is 23.0 Å². The van der Waals surface area contributed by atoms with Gasteiger partial charge in [0.1, 0.15) is 0 Å². The fraction of sp³-hybridized carbons (Fsp3) is 0.235. The summed E-state index contributed by atoms with van der Waals surface area (Å²) in [5.74, 6) is -1.02. The third kappa shape index (κ3) is 2.76. The monoisotopic (exact) mass is 346 g/mol. The van der Waals surface area contributed by atoms with E-state index in [1.165, 1.54) is 6.07 Å². The number of carbonyl (C=O) groups is 1. The Morgan fingerprint density at radius 3 is 2.58 bits per heavy atom. The van der Waals surface area contributed by atoms with E-state index < -0.39 is 15.8 Å². The molecule has 7 heteroatoms. The fourth-order valence-corrected chi connectivity index (χ4v) is 4.16. The lowest BCUT2D eigenvalue weighted by Gasteiger charge is -2.10. The Balaban J connectivity index is 2.22. The van der Waals surface area contributed by atoms with Crippen molar-refractivity contribution in [3.05, 3.63) is 48.2 Å². The van der Waals surface area contributed by atoms with Crippen molar-refractivity contribution in [1.82, 2.24) is 9.30 Å². The molecular weight excluding hydrogens is 328 g/mol. The topological polar surface area (TPSA) is 79.1 Å². The first kappa shape index (κ1) is 16.5. The van der Waals surface area contributed by atoms with Crippen LogP contribution in [-0.4, -0.2) is 55.2 Å². The van der Waals surface area contributed by atoms with Crippen molar-refractivity contribution in [3.8, 4) is 0 Å². The zero-order valence-electron chi connectivity index (χ0n) is 13.4. The minimum absolute atomic E-state index is 0.0145. The van der Waals surface area contributed by atoms with E-state index in [9.17, 15) is 18.3 Å². The number of sulfone groups is 1. The number of aromatic carboxylic acids is 1. The highest BCUT2D eigenvalue weighted by Gasteiger charge is 2.21. The van der Waals surface area contributed by atoms with Crippen LogP contribution in [-0.2, 0) is 9.84 Å². The number of fused-ring (bicyclic) bond motifs is 3. The maximum absolute atomic E-state index is 12.5. The SMILES string of the molecule is CN(C)CCS(=O)(=O)c1ccc2c(C(=O)O)c3ccccn3c2c1. The van der Waals surface area contributed by atoms with Crippen LogP contribution in [0, 0.1) is 0 Å². The van der Waals surface area contributed by atoms with Gasteiger partial charge in [-0.25, -0.2) is 13.2 Å². The van der Waals surface area contributed by atoms with Crippen molar-refractivity contribution in [2.45, 2.75) is 4.90 Å². The molecule has 0 unspecified atom stereocenters. The van der Waals surface area contributed by atoms with E-state index >= 15 is 0 Å². The van der Waals surface area contributed by atoms with Crippen molar-refractivity contribution in [2.24, 2.45) is 0 Å². The Morgan fingerprint density at radius 1 is 1.17 bits per heavy atom. The van der Waals surface area contributed by atoms with Gasteiger partial charge in [-0.15, -0.1) is 0 Å². The minimum Gasteiger partial charge on any atom is -0.478 e. The zero-order chi connectivity index (χ0) is 17.5. The Kier molecular flexibility index (Phi) is 4.06. The summed E-state index contributed by atoms with van der Waals surface area (Å²) in [5, 5.41) is 10.0. The number of aromatic nitrogens is 1. The van der Waals surface area contributed by atoms with Crippen LogP contribution in [0.2, 0.25) is 0 Å². The van der Waals surface area contributed by atoms with Crippen LogP contribution in [0.25, 0.3) is 16.4 Å². The largest absolute Gasteiger partial charge is 0.478 e. The summed E-state index contributed by atoms with van der Waals surface area (Å²) in [5.41, 5.74) is 1.31. The number of carboxylic acid groups (broad SMARTS) is 1. The number of hydrogen-bond acceptors (Lipinski definition) is 4. The standard InChI is InChI=1S/C17H18N2O4S/c1-18(2)9-10-24(22,23)12-6-7-13-15(11-12)19-8-4-3-5-14(19)16(13)17(20)21/h3-8,11H,9-10H2,1-2H3,(H,20,21). The van der Waals surface area contributed by atoms with Crippen LogP contribution in [0.3, 0.4) is 0 Å². The molecule has 0 bridgehead atoms. The second-order valence-electron chi connectivity index (χ2n) is 5.94. The van der Waals surface area contributed by atoms with Crippen molar-refractivity contribution < 1.29 is 18.3 Å². The Labute approximate surface area is 139 Å². The van der Waals surface area contributed by atoms with Crippen molar-refractivity contribution in [1.29, 1.82) is 0 Å². The second-order valence-corrected chi connectivity index (χ2v) is 8.05. The smallest absolute Gasteiger partial charge is 0.338 e. The fourth-order valence-electron chi connectivity index (χ4n) is 2.76. The Hall–Kier alpha value is -2.38. The number of hydrogen-bond donors (Lipinski definition) is 1. The van der Waals surface area contributed by atoms with Crippen molar-refractivity contribution in [3.63, 3.8) is 0 Å². The highest BCUT2D eigenvalue weighted by atomic mass is 32.2. The lowest BCUT2D eigenvalue weighted by Crippen LogP contribution is -2.21. The molecule has 0 spiro atoms. The molecule has 0 aliphatic heterocycles. The first-order valence-corrected chi connectivity index (χ1v) is 9.10. The van der Waals surface area contributed by atoms with E-state index in [-0.39, 0.29) is 16.2 Å². The van der Waals surface area contributed by atoms with E-state index in [2.05, 4.69) is 0 Å². The van der Waals surface area contributed by atoms with E-state index in [1.54, 1.807) is 40.9 Å². The van der Waals surface area contributed by atoms with Crippen molar-refractivity contribution in [2.75, 3.05) is 26.4 Å². The van der Waals surface area contributed by atoms with Gasteiger partial charge in [0, 0.05) is 18.1 Å². The first-order valence-electron chi connectivity index (χ1n) is 7.45. The van der Waals surface area contributed by atoms with Crippen LogP contribution in [0.5, 0.6) is 0 Å². The van der Waals surface area contributed by atoms with E-state index in [1.807, 2.05) is 19.0 Å². The van der Waals surface area contributed by atoms with Gasteiger partial charge in [0.2, 0.25) is 0 Å². The number of carboxylic acids is 1. The Morgan fingerprint density at radius 2 is 1.92 bits per heavy atom. The molecule has 6 nitrogen and oxygen atoms in total. The molecule has 1 N–H and O–H groups in total. The number of nitrogens with zero attached hydrogens (tertiary/aromatic N) is 2. The van der Waals surface area contributed by atoms with Crippen LogP contribution in [0.1, 0.15) is 10.4 Å². The number of pyridine rings is 1. The van der Waals surface area contributed by atoms with Gasteiger partial charge in [-0.3, -0.25) is 0 Å². The van der Waals surface area contributed by atoms with Gasteiger partial charge in [-0.2, -0.15) is 0 Å². The molecule has 2 aromatic heterocycles. The third-order valence-electron chi connectivity index (χ3n) is 3.99. The summed E-state index contributed by atoms with van der Waals surface area (Å²) < 4.78 is 26.7. The molecule has 0 saturated carbocycles. The molecule has 126 valence electrons. The summed E-state index contributed by atoms with van der Waals surface area (Å²) in [4.78, 5) is 13.6. The molecule has 1 aromatic carbocycles. The lowest BCUT2D eigenvalue weighted by molar-refractivity contribution is 0.0701. The maximum Gasteiger partial charge on any atom is 0.338 e. The van der Waals surface area contributed by atoms with Crippen molar-refractivity contribution >= 4 is 32.2 Å². The quantitative estimate of drug-likeness (QED) is 0.765. The summed E-state index contributed by atoms with van der Waals surface area (Å²) in [6.07, 6.45) is 1.74. The average molecular weight is 346 g/mol. The predicted molar refractivity (Wildman–Crippen MR) is 92.5 cm³/mol. The lowest BCUT2D eigenvalue weighted by atomic mass is 10.1. The molecule has 0 saturated heterocycles. The number of rotatable bonds is 5. The maximum atomic E-state index is 12.5. The van der Waals surface area contributed by atoms with Gasteiger partial charge >= 0.3 is 5.97 Å². The number of benzene rings is 1. The minimum atomic E-state index is -3.43. The molecule has 3 aromatic rings. The van der Waals surface area contributed by atoms with Gasteiger partial charge in [-0.05, 0) is 38.4 Å². The van der Waals surface area contributed by atoms with E-state index in [0.717, 1.165) is 0 Å². The Bertz CT molecular complexity index is 1040. The van der Waals surface area contributed by atoms with Gasteiger partial charge in [-0.1, -0.05) is 12.1 Å². The van der Waals surface area contributed by atoms with Gasteiger partial charge < -0.3 is 14.4 Å². The second kappa shape index (κ2) is 5.92. The van der Waals surface area contributed by atoms with Crippen LogP contribution >= 0.6 is 0 Å². The molecule has 0 amide bonds. The van der Waals surface area contributed by atoms with Gasteiger partial charge in [0.25, 0.3) is 0 Å². The summed E-state index contributed by atoms with van der Waals surface area (Å²) in [6, 6.07) is 9.87. The highest BCUT2D eigenvalue weighted by molar-refractivity contribution is 7.91. The van der Waals surface area contributed by atoms with Gasteiger partial charge in [0.15, 0.2) is 9.84 Å². The molecule has 0 radical (unpaired) electrons. The van der Waals surface area contributed by atoms with Crippen LogP contribution in [0.4, 0.5) is 0 Å². The molecule has 2 heterocycles. The molecular formula is C17H18N2O4S. The van der Waals surface area contributed by atoms with Crippen LogP contribution in [0.15, 0.2) is 47.5 Å². The summed E-state index contributed by atoms with van der Waals surface area (Å²) in [7, 11) is 0.207. The summed E-state index contributed by atoms with van der Waals surface area (Å²) >= 11 is 0. The third-order valence-corrected chi connectivity index (χ3v) is 5.69. The molecule has 0 fully saturated rings. The normalized spacial score (nSPS) is 12.3. The predicted octanol–water partition coefficient (Wildman–Crippen LogP) is 2.13. The summed E-state index contributed by atoms with van der Waals surface area (Å²) in [6.45, 7) is 0.426. The van der Waals surface area contributed by atoms with E-state index in [4.69, 9.17) is 0 Å². The zero-order valence-corrected chi connectivity index (χ0v) is 14.2. The first-order chi connectivity index (χ1) is 11.3. The molecule has 3 rings (SSSR count). The van der Waals surface area contributed by atoms with Crippen LogP contribution < -0.4 is 0 Å². The molecule has 24 heavy (non-hydrogen) atoms. The average Bonchev–Trinajstić information content (AvgIpc) is 2.87.